The topological polar surface area (TPSA) is 32.8 Å². The third-order valence-electron chi connectivity index (χ3n) is 6.11. The molecular formula is C27H38Cl2N2O2. The van der Waals surface area contributed by atoms with Crippen molar-refractivity contribution in [1.29, 1.82) is 0 Å². The Bertz CT molecular complexity index is 839. The second kappa shape index (κ2) is 13.8. The maximum atomic E-state index is 11.7. The Morgan fingerprint density at radius 1 is 0.939 bits per heavy atom. The molecule has 2 aliphatic heterocycles. The minimum absolute atomic E-state index is 0.0619. The summed E-state index contributed by atoms with van der Waals surface area (Å²) in [7, 11) is 1.47. The minimum Gasteiger partial charge on any atom is -0.469 e. The van der Waals surface area contributed by atoms with Crippen LogP contribution >= 0.6 is 23.2 Å². The number of ether oxygens (including phenoxy) is 1. The highest BCUT2D eigenvalue weighted by molar-refractivity contribution is 6.39. The number of para-hydroxylation sites is 1. The molecule has 182 valence electrons. The number of anilines is 1. The van der Waals surface area contributed by atoms with Crippen LogP contribution in [0.4, 0.5) is 5.69 Å². The van der Waals surface area contributed by atoms with Crippen molar-refractivity contribution in [1.82, 2.24) is 4.90 Å². The van der Waals surface area contributed by atoms with Crippen LogP contribution in [0.5, 0.6) is 0 Å². The fraction of sp³-hybridized carbons (Fsp3) is 0.519. The lowest BCUT2D eigenvalue weighted by molar-refractivity contribution is -0.147. The number of methoxy groups -OCH3 is 1. The van der Waals surface area contributed by atoms with Crippen molar-refractivity contribution < 1.29 is 9.53 Å². The molecule has 4 nitrogen and oxygen atoms in total. The first-order valence-electron chi connectivity index (χ1n) is 12.1. The van der Waals surface area contributed by atoms with Crippen LogP contribution in [0.25, 0.3) is 0 Å². The van der Waals surface area contributed by atoms with Gasteiger partial charge in [-0.3, -0.25) is 9.69 Å². The number of piperidine rings is 1. The van der Waals surface area contributed by atoms with Gasteiger partial charge in [0.15, 0.2) is 0 Å². The standard InChI is InChI=1S/C23H26Cl2N2O2.2C2H6/c1-29-23(28)18-9-11-26(12-10-18)13-16-5-7-17(8-6-16)19-14-27(15-19)22-20(24)3-2-4-21(22)25;2*1-2/h2-8,18-19H,9-15H2,1H3;2*1-2H3. The molecule has 2 aromatic rings. The highest BCUT2D eigenvalue weighted by atomic mass is 35.5. The molecule has 0 spiro atoms. The van der Waals surface area contributed by atoms with Crippen molar-refractivity contribution in [3.05, 3.63) is 63.6 Å². The molecule has 0 unspecified atom stereocenters. The lowest BCUT2D eigenvalue weighted by Crippen LogP contribution is -2.45. The van der Waals surface area contributed by atoms with E-state index in [0.717, 1.165) is 51.3 Å². The van der Waals surface area contributed by atoms with Gasteiger partial charge in [-0.2, -0.15) is 0 Å². The predicted molar refractivity (Wildman–Crippen MR) is 141 cm³/mol. The normalized spacial score (nSPS) is 16.6. The summed E-state index contributed by atoms with van der Waals surface area (Å²) in [5.74, 6) is 0.501. The summed E-state index contributed by atoms with van der Waals surface area (Å²) in [4.78, 5) is 16.3. The quantitative estimate of drug-likeness (QED) is 0.419. The first-order valence-corrected chi connectivity index (χ1v) is 12.9. The zero-order valence-electron chi connectivity index (χ0n) is 20.6. The molecule has 0 bridgehead atoms. The first-order chi connectivity index (χ1) is 16.0. The molecule has 4 rings (SSSR count). The summed E-state index contributed by atoms with van der Waals surface area (Å²) in [6, 6.07) is 14.6. The molecule has 0 amide bonds. The molecule has 0 aromatic heterocycles. The number of halogens is 2. The number of carbonyl (C=O) groups excluding carboxylic acids is 1. The number of likely N-dealkylation sites (tertiary alicyclic amines) is 1. The summed E-state index contributed by atoms with van der Waals surface area (Å²) in [6.07, 6.45) is 1.76. The summed E-state index contributed by atoms with van der Waals surface area (Å²) in [5, 5.41) is 1.42. The van der Waals surface area contributed by atoms with Crippen LogP contribution < -0.4 is 4.90 Å². The van der Waals surface area contributed by atoms with Gasteiger partial charge >= 0.3 is 5.97 Å². The van der Waals surface area contributed by atoms with Gasteiger partial charge in [0.05, 0.1) is 28.8 Å². The van der Waals surface area contributed by atoms with E-state index < -0.39 is 0 Å². The SMILES string of the molecule is CC.CC.COC(=O)C1CCN(Cc2ccc(C3CN(c4c(Cl)cccc4Cl)C3)cc2)CC1. The molecule has 0 saturated carbocycles. The fourth-order valence-electron chi connectivity index (χ4n) is 4.31. The number of nitrogens with zero attached hydrogens (tertiary/aromatic N) is 2. The molecule has 2 fully saturated rings. The maximum absolute atomic E-state index is 11.7. The van der Waals surface area contributed by atoms with Gasteiger partial charge in [0.1, 0.15) is 0 Å². The van der Waals surface area contributed by atoms with Gasteiger partial charge in [-0.1, -0.05) is 81.2 Å². The highest BCUT2D eigenvalue weighted by Gasteiger charge is 2.31. The molecule has 2 aliphatic rings. The lowest BCUT2D eigenvalue weighted by Gasteiger charge is -2.42. The molecule has 2 saturated heterocycles. The Kier molecular flexibility index (Phi) is 11.5. The second-order valence-corrected chi connectivity index (χ2v) is 8.80. The molecule has 2 heterocycles. The molecule has 0 N–H and O–H groups in total. The highest BCUT2D eigenvalue weighted by Crippen LogP contribution is 2.40. The van der Waals surface area contributed by atoms with Crippen molar-refractivity contribution in [2.24, 2.45) is 5.92 Å². The zero-order chi connectivity index (χ0) is 24.4. The van der Waals surface area contributed by atoms with E-state index in [0.29, 0.717) is 16.0 Å². The smallest absolute Gasteiger partial charge is 0.308 e. The number of carbonyl (C=O) groups is 1. The average molecular weight is 494 g/mol. The largest absolute Gasteiger partial charge is 0.469 e. The van der Waals surface area contributed by atoms with Crippen LogP contribution in [0.15, 0.2) is 42.5 Å². The van der Waals surface area contributed by atoms with Gasteiger partial charge in [-0.15, -0.1) is 0 Å². The Labute approximate surface area is 209 Å². The van der Waals surface area contributed by atoms with E-state index >= 15 is 0 Å². The molecule has 0 atom stereocenters. The number of rotatable bonds is 5. The number of esters is 1. The second-order valence-electron chi connectivity index (χ2n) is 7.99. The Hall–Kier alpha value is -1.75. The fourth-order valence-corrected chi connectivity index (χ4v) is 4.95. The van der Waals surface area contributed by atoms with Crippen molar-refractivity contribution in [3.8, 4) is 0 Å². The van der Waals surface area contributed by atoms with Crippen molar-refractivity contribution in [2.45, 2.75) is 53.0 Å². The number of hydrogen-bond acceptors (Lipinski definition) is 4. The van der Waals surface area contributed by atoms with E-state index in [4.69, 9.17) is 27.9 Å². The van der Waals surface area contributed by atoms with Crippen molar-refractivity contribution in [2.75, 3.05) is 38.2 Å². The summed E-state index contributed by atoms with van der Waals surface area (Å²) in [6.45, 7) is 12.7. The van der Waals surface area contributed by atoms with Crippen LogP contribution in [0.2, 0.25) is 10.0 Å². The third-order valence-corrected chi connectivity index (χ3v) is 6.72. The molecule has 0 radical (unpaired) electrons. The first kappa shape index (κ1) is 27.5. The van der Waals surface area contributed by atoms with E-state index in [1.807, 2.05) is 45.9 Å². The van der Waals surface area contributed by atoms with E-state index in [2.05, 4.69) is 34.1 Å². The maximum Gasteiger partial charge on any atom is 0.308 e. The van der Waals surface area contributed by atoms with Crippen LogP contribution in [-0.2, 0) is 16.1 Å². The van der Waals surface area contributed by atoms with Crippen LogP contribution in [-0.4, -0.2) is 44.2 Å². The Morgan fingerprint density at radius 2 is 1.48 bits per heavy atom. The van der Waals surface area contributed by atoms with E-state index in [1.54, 1.807) is 0 Å². The molecule has 2 aromatic carbocycles. The molecular weight excluding hydrogens is 455 g/mol. The van der Waals surface area contributed by atoms with Gasteiger partial charge in [-0.25, -0.2) is 0 Å². The number of hydrogen-bond donors (Lipinski definition) is 0. The van der Waals surface area contributed by atoms with E-state index in [-0.39, 0.29) is 11.9 Å². The van der Waals surface area contributed by atoms with Crippen molar-refractivity contribution in [3.63, 3.8) is 0 Å². The molecule has 33 heavy (non-hydrogen) atoms. The van der Waals surface area contributed by atoms with Gasteiger partial charge < -0.3 is 9.64 Å². The van der Waals surface area contributed by atoms with Gasteiger partial charge in [0, 0.05) is 25.6 Å². The molecule has 0 aliphatic carbocycles. The summed E-state index contributed by atoms with van der Waals surface area (Å²) in [5.41, 5.74) is 3.62. The third kappa shape index (κ3) is 7.11. The van der Waals surface area contributed by atoms with Gasteiger partial charge in [0.2, 0.25) is 0 Å². The predicted octanol–water partition coefficient (Wildman–Crippen LogP) is 7.03. The van der Waals surface area contributed by atoms with Crippen LogP contribution in [0, 0.1) is 5.92 Å². The summed E-state index contributed by atoms with van der Waals surface area (Å²) < 4.78 is 4.87. The Balaban J connectivity index is 0.000000914. The Morgan fingerprint density at radius 3 is 2.00 bits per heavy atom. The van der Waals surface area contributed by atoms with E-state index in [1.165, 1.54) is 18.2 Å². The van der Waals surface area contributed by atoms with Crippen molar-refractivity contribution >= 4 is 34.9 Å². The zero-order valence-corrected chi connectivity index (χ0v) is 22.1. The number of benzene rings is 2. The van der Waals surface area contributed by atoms with Gasteiger partial charge in [-0.05, 0) is 49.2 Å². The monoisotopic (exact) mass is 492 g/mol. The lowest BCUT2D eigenvalue weighted by atomic mass is 9.90. The van der Waals surface area contributed by atoms with Gasteiger partial charge in [0.25, 0.3) is 0 Å². The van der Waals surface area contributed by atoms with Crippen LogP contribution in [0.3, 0.4) is 0 Å². The molecule has 6 heteroatoms. The van der Waals surface area contributed by atoms with E-state index in [9.17, 15) is 4.79 Å². The minimum atomic E-state index is -0.0679. The summed E-state index contributed by atoms with van der Waals surface area (Å²) >= 11 is 12.6. The average Bonchev–Trinajstić information content (AvgIpc) is 2.83. The van der Waals surface area contributed by atoms with Crippen LogP contribution in [0.1, 0.15) is 57.6 Å².